The molecule has 1 rings (SSSR count). The SMILES string of the molecule is CCC[C@H](N)C(=O)N1CCOC[C@H]1C. The Kier molecular flexibility index (Phi) is 4.35. The van der Waals surface area contributed by atoms with E-state index >= 15 is 0 Å². The van der Waals surface area contributed by atoms with Crippen LogP contribution in [0.4, 0.5) is 0 Å². The molecule has 4 heteroatoms. The lowest BCUT2D eigenvalue weighted by Crippen LogP contribution is -2.52. The average molecular weight is 200 g/mol. The van der Waals surface area contributed by atoms with Crippen LogP contribution >= 0.6 is 0 Å². The Hall–Kier alpha value is -0.610. The highest BCUT2D eigenvalue weighted by atomic mass is 16.5. The van der Waals surface area contributed by atoms with E-state index in [9.17, 15) is 4.79 Å². The summed E-state index contributed by atoms with van der Waals surface area (Å²) < 4.78 is 5.27. The quantitative estimate of drug-likeness (QED) is 0.715. The zero-order chi connectivity index (χ0) is 10.6. The van der Waals surface area contributed by atoms with Crippen molar-refractivity contribution < 1.29 is 9.53 Å². The van der Waals surface area contributed by atoms with Gasteiger partial charge in [-0.15, -0.1) is 0 Å². The molecule has 0 spiro atoms. The van der Waals surface area contributed by atoms with Gasteiger partial charge in [-0.3, -0.25) is 4.79 Å². The van der Waals surface area contributed by atoms with Gasteiger partial charge in [-0.05, 0) is 13.3 Å². The Morgan fingerprint density at radius 1 is 1.71 bits per heavy atom. The molecule has 2 N–H and O–H groups in total. The summed E-state index contributed by atoms with van der Waals surface area (Å²) in [5.74, 6) is 0.0719. The van der Waals surface area contributed by atoms with Crippen LogP contribution in [0.25, 0.3) is 0 Å². The smallest absolute Gasteiger partial charge is 0.239 e. The highest BCUT2D eigenvalue weighted by molar-refractivity contribution is 5.82. The van der Waals surface area contributed by atoms with Gasteiger partial charge in [0.15, 0.2) is 0 Å². The van der Waals surface area contributed by atoms with E-state index in [4.69, 9.17) is 10.5 Å². The highest BCUT2D eigenvalue weighted by Gasteiger charge is 2.26. The number of hydrogen-bond acceptors (Lipinski definition) is 3. The zero-order valence-corrected chi connectivity index (χ0v) is 9.03. The fraction of sp³-hybridized carbons (Fsp3) is 0.900. The van der Waals surface area contributed by atoms with E-state index < -0.39 is 0 Å². The van der Waals surface area contributed by atoms with E-state index in [1.807, 2.05) is 18.7 Å². The van der Waals surface area contributed by atoms with Crippen molar-refractivity contribution in [2.75, 3.05) is 19.8 Å². The minimum Gasteiger partial charge on any atom is -0.377 e. The number of amides is 1. The van der Waals surface area contributed by atoms with Crippen LogP contribution in [-0.2, 0) is 9.53 Å². The van der Waals surface area contributed by atoms with Crippen molar-refractivity contribution in [3.63, 3.8) is 0 Å². The van der Waals surface area contributed by atoms with Crippen LogP contribution in [0.3, 0.4) is 0 Å². The number of carbonyl (C=O) groups excluding carboxylic acids is 1. The van der Waals surface area contributed by atoms with Crippen molar-refractivity contribution in [2.24, 2.45) is 5.73 Å². The molecule has 1 aliphatic heterocycles. The minimum atomic E-state index is -0.333. The first-order valence-corrected chi connectivity index (χ1v) is 5.30. The summed E-state index contributed by atoms with van der Waals surface area (Å²) in [6, 6.07) is -0.167. The maximum absolute atomic E-state index is 11.8. The molecule has 4 nitrogen and oxygen atoms in total. The molecule has 1 heterocycles. The third-order valence-electron chi connectivity index (χ3n) is 2.57. The topological polar surface area (TPSA) is 55.6 Å². The van der Waals surface area contributed by atoms with Crippen molar-refractivity contribution in [1.82, 2.24) is 4.90 Å². The van der Waals surface area contributed by atoms with Gasteiger partial charge in [-0.25, -0.2) is 0 Å². The van der Waals surface area contributed by atoms with Crippen molar-refractivity contribution in [2.45, 2.75) is 38.8 Å². The summed E-state index contributed by atoms with van der Waals surface area (Å²) in [5, 5.41) is 0. The van der Waals surface area contributed by atoms with Gasteiger partial charge in [0.2, 0.25) is 5.91 Å². The number of carbonyl (C=O) groups is 1. The molecule has 1 amide bonds. The molecule has 1 saturated heterocycles. The molecule has 1 fully saturated rings. The minimum absolute atomic E-state index is 0.0719. The van der Waals surface area contributed by atoms with Gasteiger partial charge in [0.25, 0.3) is 0 Å². The summed E-state index contributed by atoms with van der Waals surface area (Å²) >= 11 is 0. The maximum Gasteiger partial charge on any atom is 0.239 e. The fourth-order valence-corrected chi connectivity index (χ4v) is 1.70. The van der Waals surface area contributed by atoms with Gasteiger partial charge in [0, 0.05) is 6.54 Å². The molecule has 14 heavy (non-hydrogen) atoms. The molecule has 82 valence electrons. The number of hydrogen-bond donors (Lipinski definition) is 1. The van der Waals surface area contributed by atoms with Gasteiger partial charge in [-0.2, -0.15) is 0 Å². The highest BCUT2D eigenvalue weighted by Crippen LogP contribution is 2.09. The zero-order valence-electron chi connectivity index (χ0n) is 9.03. The van der Waals surface area contributed by atoms with Crippen molar-refractivity contribution in [1.29, 1.82) is 0 Å². The summed E-state index contributed by atoms with van der Waals surface area (Å²) in [4.78, 5) is 13.7. The maximum atomic E-state index is 11.8. The van der Waals surface area contributed by atoms with Crippen LogP contribution in [0.15, 0.2) is 0 Å². The third kappa shape index (κ3) is 2.69. The molecule has 2 atom stereocenters. The summed E-state index contributed by atoms with van der Waals surface area (Å²) in [7, 11) is 0. The summed E-state index contributed by atoms with van der Waals surface area (Å²) in [5.41, 5.74) is 5.79. The van der Waals surface area contributed by atoms with Crippen molar-refractivity contribution in [3.8, 4) is 0 Å². The number of nitrogens with zero attached hydrogens (tertiary/aromatic N) is 1. The van der Waals surface area contributed by atoms with Crippen LogP contribution in [-0.4, -0.2) is 42.6 Å². The van der Waals surface area contributed by atoms with Gasteiger partial charge >= 0.3 is 0 Å². The predicted octanol–water partition coefficient (Wildman–Crippen LogP) is 0.361. The average Bonchev–Trinajstić information content (AvgIpc) is 2.18. The molecule has 0 aliphatic carbocycles. The van der Waals surface area contributed by atoms with Crippen molar-refractivity contribution in [3.05, 3.63) is 0 Å². The molecule has 1 aliphatic rings. The molecular formula is C10H20N2O2. The van der Waals surface area contributed by atoms with Gasteiger partial charge in [0.1, 0.15) is 0 Å². The van der Waals surface area contributed by atoms with E-state index in [2.05, 4.69) is 0 Å². The number of morpholine rings is 1. The first kappa shape index (κ1) is 11.5. The Balaban J connectivity index is 2.49. The second kappa shape index (κ2) is 5.32. The first-order chi connectivity index (χ1) is 6.66. The second-order valence-corrected chi connectivity index (χ2v) is 3.85. The first-order valence-electron chi connectivity index (χ1n) is 5.30. The summed E-state index contributed by atoms with van der Waals surface area (Å²) in [6.07, 6.45) is 1.72. The molecule has 0 aromatic carbocycles. The van der Waals surface area contributed by atoms with E-state index in [0.29, 0.717) is 19.8 Å². The van der Waals surface area contributed by atoms with Crippen LogP contribution in [0.5, 0.6) is 0 Å². The molecule has 0 unspecified atom stereocenters. The van der Waals surface area contributed by atoms with Crippen LogP contribution in [0.2, 0.25) is 0 Å². The van der Waals surface area contributed by atoms with E-state index in [0.717, 1.165) is 12.8 Å². The molecule has 0 aromatic rings. The van der Waals surface area contributed by atoms with Crippen molar-refractivity contribution >= 4 is 5.91 Å². The lowest BCUT2D eigenvalue weighted by atomic mass is 10.1. The van der Waals surface area contributed by atoms with E-state index in [1.54, 1.807) is 0 Å². The number of ether oxygens (including phenoxy) is 1. The Bertz CT molecular complexity index is 197. The Labute approximate surface area is 85.4 Å². The van der Waals surface area contributed by atoms with Gasteiger partial charge < -0.3 is 15.4 Å². The van der Waals surface area contributed by atoms with Gasteiger partial charge in [0.05, 0.1) is 25.3 Å². The molecule has 0 saturated carbocycles. The molecule has 0 aromatic heterocycles. The monoisotopic (exact) mass is 200 g/mol. The Morgan fingerprint density at radius 3 is 3.00 bits per heavy atom. The molecule has 0 radical (unpaired) electrons. The summed E-state index contributed by atoms with van der Waals surface area (Å²) in [6.45, 7) is 5.97. The molecular weight excluding hydrogens is 180 g/mol. The number of rotatable bonds is 3. The van der Waals surface area contributed by atoms with Crippen LogP contribution in [0.1, 0.15) is 26.7 Å². The van der Waals surface area contributed by atoms with E-state index in [-0.39, 0.29) is 18.0 Å². The van der Waals surface area contributed by atoms with Crippen LogP contribution < -0.4 is 5.73 Å². The largest absolute Gasteiger partial charge is 0.377 e. The van der Waals surface area contributed by atoms with Crippen LogP contribution in [0, 0.1) is 0 Å². The second-order valence-electron chi connectivity index (χ2n) is 3.85. The third-order valence-corrected chi connectivity index (χ3v) is 2.57. The molecule has 0 bridgehead atoms. The number of nitrogens with two attached hydrogens (primary N) is 1. The van der Waals surface area contributed by atoms with Gasteiger partial charge in [-0.1, -0.05) is 13.3 Å². The predicted molar refractivity (Wildman–Crippen MR) is 54.9 cm³/mol. The fourth-order valence-electron chi connectivity index (χ4n) is 1.70. The normalized spacial score (nSPS) is 24.8. The lowest BCUT2D eigenvalue weighted by Gasteiger charge is -2.34. The standard InChI is InChI=1S/C10H20N2O2/c1-3-4-9(11)10(13)12-5-6-14-7-8(12)2/h8-9H,3-7,11H2,1-2H3/t8-,9+/m1/s1. The Morgan fingerprint density at radius 2 is 2.43 bits per heavy atom. The van der Waals surface area contributed by atoms with E-state index in [1.165, 1.54) is 0 Å². The lowest BCUT2D eigenvalue weighted by molar-refractivity contribution is -0.140.